The summed E-state index contributed by atoms with van der Waals surface area (Å²) < 4.78 is 5.66. The van der Waals surface area contributed by atoms with Crippen LogP contribution in [0.2, 0.25) is 0 Å². The number of allylic oxidation sites excluding steroid dienone is 3. The van der Waals surface area contributed by atoms with Crippen LogP contribution in [-0.4, -0.2) is 6.61 Å². The largest absolute Gasteiger partial charge is 0.483 e. The molecule has 1 rings (SSSR count). The third kappa shape index (κ3) is 7.26. The minimum absolute atomic E-state index is 0.313. The number of ether oxygens (including phenoxy) is 1. The second-order valence-corrected chi connectivity index (χ2v) is 6.15. The van der Waals surface area contributed by atoms with Gasteiger partial charge in [-0.1, -0.05) is 82.0 Å². The number of rotatable bonds is 11. The predicted molar refractivity (Wildman–Crippen MR) is 103 cm³/mol. The average Bonchev–Trinajstić information content (AvgIpc) is 2.57. The van der Waals surface area contributed by atoms with Gasteiger partial charge in [-0.15, -0.1) is 0 Å². The van der Waals surface area contributed by atoms with Crippen LogP contribution in [0.4, 0.5) is 0 Å². The molecule has 1 unspecified atom stereocenters. The molecule has 0 heterocycles. The molecule has 1 nitrogen and oxygen atoms in total. The molecule has 0 aliphatic carbocycles. The SMILES string of the molecule is CCCC/C=C/C(CCCC)/C(=C(\Cl)OCC)c1ccccc1. The summed E-state index contributed by atoms with van der Waals surface area (Å²) >= 11 is 6.52. The maximum atomic E-state index is 6.52. The van der Waals surface area contributed by atoms with Crippen LogP contribution in [0.5, 0.6) is 0 Å². The van der Waals surface area contributed by atoms with E-state index in [1.807, 2.05) is 13.0 Å². The van der Waals surface area contributed by atoms with Crippen molar-refractivity contribution >= 4 is 17.2 Å². The van der Waals surface area contributed by atoms with E-state index in [-0.39, 0.29) is 0 Å². The Morgan fingerprint density at radius 2 is 1.78 bits per heavy atom. The Morgan fingerprint density at radius 1 is 1.09 bits per heavy atom. The standard InChI is InChI=1S/C21H31ClO/c1-4-7-9-11-15-18(14-8-5-2)20(21(22)23-6-3)19-16-12-10-13-17-19/h10-13,15-18H,4-9,14H2,1-3H3/b15-11+,21-20-. The van der Waals surface area contributed by atoms with Crippen LogP contribution < -0.4 is 0 Å². The van der Waals surface area contributed by atoms with Crippen LogP contribution in [0.25, 0.3) is 5.57 Å². The Bertz CT molecular complexity index is 476. The van der Waals surface area contributed by atoms with Crippen LogP contribution in [-0.2, 0) is 4.74 Å². The zero-order valence-electron chi connectivity index (χ0n) is 14.9. The molecule has 0 aromatic heterocycles. The first-order valence-electron chi connectivity index (χ1n) is 8.99. The van der Waals surface area contributed by atoms with E-state index < -0.39 is 0 Å². The molecule has 0 radical (unpaired) electrons. The first kappa shape index (κ1) is 19.8. The molecule has 0 spiro atoms. The van der Waals surface area contributed by atoms with Crippen molar-refractivity contribution in [2.75, 3.05) is 6.61 Å². The molecule has 0 fully saturated rings. The Hall–Kier alpha value is -1.21. The summed E-state index contributed by atoms with van der Waals surface area (Å²) in [6.07, 6.45) is 11.7. The Kier molecular flexibility index (Phi) is 10.6. The zero-order valence-corrected chi connectivity index (χ0v) is 15.6. The van der Waals surface area contributed by atoms with Gasteiger partial charge >= 0.3 is 0 Å². The van der Waals surface area contributed by atoms with Crippen molar-refractivity contribution in [1.82, 2.24) is 0 Å². The lowest BCUT2D eigenvalue weighted by Gasteiger charge is -2.19. The molecule has 0 aliphatic rings. The van der Waals surface area contributed by atoms with Crippen LogP contribution in [0.1, 0.15) is 64.9 Å². The molecule has 0 saturated carbocycles. The Labute approximate surface area is 147 Å². The molecule has 2 heteroatoms. The van der Waals surface area contributed by atoms with Crippen molar-refractivity contribution < 1.29 is 4.74 Å². The van der Waals surface area contributed by atoms with Crippen LogP contribution >= 0.6 is 11.6 Å². The van der Waals surface area contributed by atoms with Crippen molar-refractivity contribution in [3.05, 3.63) is 53.3 Å². The number of hydrogen-bond donors (Lipinski definition) is 0. The highest BCUT2D eigenvalue weighted by Gasteiger charge is 2.18. The van der Waals surface area contributed by atoms with E-state index in [2.05, 4.69) is 50.3 Å². The van der Waals surface area contributed by atoms with Crippen LogP contribution in [0.15, 0.2) is 47.7 Å². The van der Waals surface area contributed by atoms with Gasteiger partial charge in [-0.2, -0.15) is 0 Å². The summed E-state index contributed by atoms with van der Waals surface area (Å²) in [5.74, 6) is 0.313. The van der Waals surface area contributed by atoms with E-state index in [4.69, 9.17) is 16.3 Å². The van der Waals surface area contributed by atoms with E-state index >= 15 is 0 Å². The molecule has 0 bridgehead atoms. The van der Waals surface area contributed by atoms with Crippen molar-refractivity contribution in [2.24, 2.45) is 5.92 Å². The molecule has 0 aliphatic heterocycles. The summed E-state index contributed by atoms with van der Waals surface area (Å²) in [6.45, 7) is 7.02. The van der Waals surface area contributed by atoms with E-state index in [0.717, 1.165) is 24.0 Å². The van der Waals surface area contributed by atoms with Crippen molar-refractivity contribution in [3.63, 3.8) is 0 Å². The van der Waals surface area contributed by atoms with E-state index in [9.17, 15) is 0 Å². The summed E-state index contributed by atoms with van der Waals surface area (Å²) in [4.78, 5) is 0. The Balaban J connectivity index is 3.10. The smallest absolute Gasteiger partial charge is 0.191 e. The van der Waals surface area contributed by atoms with Crippen LogP contribution in [0.3, 0.4) is 0 Å². The maximum Gasteiger partial charge on any atom is 0.191 e. The third-order valence-electron chi connectivity index (χ3n) is 3.90. The average molecular weight is 335 g/mol. The molecule has 1 aromatic rings. The minimum Gasteiger partial charge on any atom is -0.483 e. The summed E-state index contributed by atoms with van der Waals surface area (Å²) in [5, 5.41) is 0.542. The third-order valence-corrected chi connectivity index (χ3v) is 4.21. The first-order valence-corrected chi connectivity index (χ1v) is 9.36. The van der Waals surface area contributed by atoms with Crippen molar-refractivity contribution in [2.45, 2.75) is 59.3 Å². The van der Waals surface area contributed by atoms with Gasteiger partial charge in [0.05, 0.1) is 6.61 Å². The van der Waals surface area contributed by atoms with Gasteiger partial charge in [-0.05, 0) is 36.9 Å². The summed E-state index contributed by atoms with van der Waals surface area (Å²) in [6, 6.07) is 10.4. The summed E-state index contributed by atoms with van der Waals surface area (Å²) in [5.41, 5.74) is 2.28. The number of unbranched alkanes of at least 4 members (excludes halogenated alkanes) is 3. The van der Waals surface area contributed by atoms with E-state index in [1.165, 1.54) is 25.7 Å². The second-order valence-electron chi connectivity index (χ2n) is 5.81. The number of benzene rings is 1. The van der Waals surface area contributed by atoms with Gasteiger partial charge in [0.2, 0.25) is 0 Å². The quantitative estimate of drug-likeness (QED) is 0.236. The van der Waals surface area contributed by atoms with Gasteiger partial charge in [0, 0.05) is 11.5 Å². The molecule has 0 saturated heterocycles. The Morgan fingerprint density at radius 3 is 2.39 bits per heavy atom. The van der Waals surface area contributed by atoms with E-state index in [1.54, 1.807) is 0 Å². The lowest BCUT2D eigenvalue weighted by atomic mass is 9.88. The minimum atomic E-state index is 0.313. The number of halogens is 1. The molecule has 1 atom stereocenters. The summed E-state index contributed by atoms with van der Waals surface area (Å²) in [7, 11) is 0. The normalized spacial score (nSPS) is 13.9. The van der Waals surface area contributed by atoms with Gasteiger partial charge in [0.1, 0.15) is 0 Å². The monoisotopic (exact) mass is 334 g/mol. The fourth-order valence-corrected chi connectivity index (χ4v) is 3.00. The maximum absolute atomic E-state index is 6.52. The highest BCUT2D eigenvalue weighted by Crippen LogP contribution is 2.34. The fourth-order valence-electron chi connectivity index (χ4n) is 2.64. The predicted octanol–water partition coefficient (Wildman–Crippen LogP) is 7.18. The van der Waals surface area contributed by atoms with Gasteiger partial charge in [-0.25, -0.2) is 0 Å². The van der Waals surface area contributed by atoms with E-state index in [0.29, 0.717) is 17.7 Å². The highest BCUT2D eigenvalue weighted by molar-refractivity contribution is 6.31. The van der Waals surface area contributed by atoms with Crippen molar-refractivity contribution in [3.8, 4) is 0 Å². The molecular formula is C21H31ClO. The topological polar surface area (TPSA) is 9.23 Å². The van der Waals surface area contributed by atoms with Gasteiger partial charge in [0.15, 0.2) is 5.22 Å². The first-order chi connectivity index (χ1) is 11.2. The molecule has 23 heavy (non-hydrogen) atoms. The lowest BCUT2D eigenvalue weighted by Crippen LogP contribution is -2.05. The van der Waals surface area contributed by atoms with Gasteiger partial charge in [0.25, 0.3) is 0 Å². The molecular weight excluding hydrogens is 304 g/mol. The van der Waals surface area contributed by atoms with Crippen LogP contribution in [0, 0.1) is 5.92 Å². The number of hydrogen-bond acceptors (Lipinski definition) is 1. The second kappa shape index (κ2) is 12.2. The highest BCUT2D eigenvalue weighted by atomic mass is 35.5. The molecule has 128 valence electrons. The van der Waals surface area contributed by atoms with Gasteiger partial charge < -0.3 is 4.74 Å². The fraction of sp³-hybridized carbons (Fsp3) is 0.524. The lowest BCUT2D eigenvalue weighted by molar-refractivity contribution is 0.255. The van der Waals surface area contributed by atoms with Crippen molar-refractivity contribution in [1.29, 1.82) is 0 Å². The molecule has 0 N–H and O–H groups in total. The molecule has 1 aromatic carbocycles. The zero-order chi connectivity index (χ0) is 16.9. The molecule has 0 amide bonds. The van der Waals surface area contributed by atoms with Gasteiger partial charge in [-0.3, -0.25) is 0 Å².